The highest BCUT2D eigenvalue weighted by Crippen LogP contribution is 2.28. The van der Waals surface area contributed by atoms with E-state index in [1.165, 1.54) is 0 Å². The van der Waals surface area contributed by atoms with E-state index >= 15 is 0 Å². The van der Waals surface area contributed by atoms with Crippen molar-refractivity contribution in [2.75, 3.05) is 0 Å². The van der Waals surface area contributed by atoms with E-state index in [-0.39, 0.29) is 6.61 Å². The molecule has 76 valence electrons. The summed E-state index contributed by atoms with van der Waals surface area (Å²) >= 11 is 6.13. The highest BCUT2D eigenvalue weighted by Gasteiger charge is 2.03. The van der Waals surface area contributed by atoms with Gasteiger partial charge in [-0.25, -0.2) is 0 Å². The predicted molar refractivity (Wildman–Crippen MR) is 62.8 cm³/mol. The van der Waals surface area contributed by atoms with Gasteiger partial charge in [0.15, 0.2) is 0 Å². The van der Waals surface area contributed by atoms with Crippen LogP contribution in [0.1, 0.15) is 5.56 Å². The third-order valence-electron chi connectivity index (χ3n) is 2.30. The van der Waals surface area contributed by atoms with Crippen LogP contribution in [0.5, 0.6) is 0 Å². The van der Waals surface area contributed by atoms with Crippen LogP contribution < -0.4 is 0 Å². The normalized spacial score (nSPS) is 10.3. The van der Waals surface area contributed by atoms with Gasteiger partial charge in [0, 0.05) is 10.6 Å². The highest BCUT2D eigenvalue weighted by molar-refractivity contribution is 6.33. The van der Waals surface area contributed by atoms with Crippen LogP contribution in [0.15, 0.2) is 48.5 Å². The Morgan fingerprint density at radius 3 is 2.33 bits per heavy atom. The van der Waals surface area contributed by atoms with Gasteiger partial charge in [0.1, 0.15) is 0 Å². The van der Waals surface area contributed by atoms with Gasteiger partial charge in [0.25, 0.3) is 0 Å². The summed E-state index contributed by atoms with van der Waals surface area (Å²) in [5.74, 6) is 0. The molecule has 0 aliphatic heterocycles. The third-order valence-corrected chi connectivity index (χ3v) is 2.61. The van der Waals surface area contributed by atoms with Crippen molar-refractivity contribution in [2.45, 2.75) is 6.61 Å². The first-order valence-electron chi connectivity index (χ1n) is 4.76. The molecule has 0 aromatic heterocycles. The van der Waals surface area contributed by atoms with Gasteiger partial charge >= 0.3 is 0 Å². The van der Waals surface area contributed by atoms with Crippen molar-refractivity contribution >= 4 is 11.6 Å². The molecule has 0 bridgehead atoms. The van der Waals surface area contributed by atoms with E-state index in [9.17, 15) is 0 Å². The van der Waals surface area contributed by atoms with Gasteiger partial charge in [-0.2, -0.15) is 0 Å². The molecule has 2 aromatic carbocycles. The molecule has 0 aliphatic rings. The standard InChI is InChI=1S/C13H11ClO/c14-13-8-10(9-15)6-7-12(13)11-4-2-1-3-5-11/h1-8,15H,9H2. The van der Waals surface area contributed by atoms with Gasteiger partial charge in [-0.15, -0.1) is 0 Å². The van der Waals surface area contributed by atoms with Crippen LogP contribution in [0, 0.1) is 0 Å². The minimum atomic E-state index is 0.0226. The highest BCUT2D eigenvalue weighted by atomic mass is 35.5. The number of rotatable bonds is 2. The molecule has 0 saturated heterocycles. The van der Waals surface area contributed by atoms with Crippen molar-refractivity contribution in [3.05, 3.63) is 59.1 Å². The molecule has 2 heteroatoms. The Kier molecular flexibility index (Phi) is 3.05. The van der Waals surface area contributed by atoms with Gasteiger partial charge in [0.2, 0.25) is 0 Å². The average molecular weight is 219 g/mol. The molecule has 0 fully saturated rings. The molecule has 0 radical (unpaired) electrons. The zero-order valence-corrected chi connectivity index (χ0v) is 8.91. The van der Waals surface area contributed by atoms with Crippen LogP contribution in [-0.4, -0.2) is 5.11 Å². The number of aliphatic hydroxyl groups is 1. The molecule has 2 rings (SSSR count). The van der Waals surface area contributed by atoms with Crippen molar-refractivity contribution in [3.63, 3.8) is 0 Å². The molecule has 0 aliphatic carbocycles. The first kappa shape index (κ1) is 10.2. The zero-order chi connectivity index (χ0) is 10.7. The largest absolute Gasteiger partial charge is 0.392 e. The van der Waals surface area contributed by atoms with E-state index in [1.807, 2.05) is 42.5 Å². The molecule has 0 heterocycles. The molecule has 0 amide bonds. The van der Waals surface area contributed by atoms with E-state index in [2.05, 4.69) is 0 Å². The molecule has 0 unspecified atom stereocenters. The Balaban J connectivity index is 2.46. The summed E-state index contributed by atoms with van der Waals surface area (Å²) in [4.78, 5) is 0. The topological polar surface area (TPSA) is 20.2 Å². The Labute approximate surface area is 94.0 Å². The van der Waals surface area contributed by atoms with Crippen molar-refractivity contribution in [2.24, 2.45) is 0 Å². The molecule has 2 aromatic rings. The lowest BCUT2D eigenvalue weighted by Gasteiger charge is -2.05. The maximum atomic E-state index is 8.96. The first-order chi connectivity index (χ1) is 7.31. The van der Waals surface area contributed by atoms with Gasteiger partial charge in [-0.3, -0.25) is 0 Å². The molecule has 1 nitrogen and oxygen atoms in total. The minimum absolute atomic E-state index is 0.0226. The van der Waals surface area contributed by atoms with E-state index in [0.29, 0.717) is 5.02 Å². The second kappa shape index (κ2) is 4.47. The lowest BCUT2D eigenvalue weighted by Crippen LogP contribution is -1.85. The second-order valence-corrected chi connectivity index (χ2v) is 3.75. The summed E-state index contributed by atoms with van der Waals surface area (Å²) in [7, 11) is 0. The molecular weight excluding hydrogens is 208 g/mol. The van der Waals surface area contributed by atoms with Gasteiger partial charge < -0.3 is 5.11 Å². The fourth-order valence-electron chi connectivity index (χ4n) is 1.51. The fourth-order valence-corrected chi connectivity index (χ4v) is 1.82. The maximum Gasteiger partial charge on any atom is 0.0682 e. The fraction of sp³-hybridized carbons (Fsp3) is 0.0769. The predicted octanol–water partition coefficient (Wildman–Crippen LogP) is 3.50. The van der Waals surface area contributed by atoms with Crippen molar-refractivity contribution in [1.82, 2.24) is 0 Å². The summed E-state index contributed by atoms with van der Waals surface area (Å²) in [6.07, 6.45) is 0. The summed E-state index contributed by atoms with van der Waals surface area (Å²) in [5, 5.41) is 9.64. The Morgan fingerprint density at radius 2 is 1.73 bits per heavy atom. The zero-order valence-electron chi connectivity index (χ0n) is 8.15. The van der Waals surface area contributed by atoms with E-state index in [1.54, 1.807) is 6.07 Å². The lowest BCUT2D eigenvalue weighted by atomic mass is 10.0. The molecule has 15 heavy (non-hydrogen) atoms. The monoisotopic (exact) mass is 218 g/mol. The van der Waals surface area contributed by atoms with E-state index in [0.717, 1.165) is 16.7 Å². The molecule has 0 saturated carbocycles. The number of hydrogen-bond donors (Lipinski definition) is 1. The number of benzene rings is 2. The van der Waals surface area contributed by atoms with E-state index < -0.39 is 0 Å². The Bertz CT molecular complexity index is 451. The Morgan fingerprint density at radius 1 is 1.00 bits per heavy atom. The summed E-state index contributed by atoms with van der Waals surface area (Å²) in [6.45, 7) is 0.0226. The van der Waals surface area contributed by atoms with Gasteiger partial charge in [-0.1, -0.05) is 54.1 Å². The smallest absolute Gasteiger partial charge is 0.0682 e. The van der Waals surface area contributed by atoms with Crippen molar-refractivity contribution in [1.29, 1.82) is 0 Å². The van der Waals surface area contributed by atoms with Crippen LogP contribution in [0.25, 0.3) is 11.1 Å². The van der Waals surface area contributed by atoms with Crippen LogP contribution in [0.3, 0.4) is 0 Å². The number of hydrogen-bond acceptors (Lipinski definition) is 1. The number of halogens is 1. The summed E-state index contributed by atoms with van der Waals surface area (Å²) in [6, 6.07) is 15.6. The SMILES string of the molecule is OCc1ccc(-c2ccccc2)c(Cl)c1. The second-order valence-electron chi connectivity index (χ2n) is 3.34. The molecule has 0 spiro atoms. The first-order valence-corrected chi connectivity index (χ1v) is 5.14. The van der Waals surface area contributed by atoms with Crippen LogP contribution >= 0.6 is 11.6 Å². The average Bonchev–Trinajstić information content (AvgIpc) is 2.30. The van der Waals surface area contributed by atoms with Crippen molar-refractivity contribution in [3.8, 4) is 11.1 Å². The summed E-state index contributed by atoms with van der Waals surface area (Å²) in [5.41, 5.74) is 2.92. The molecular formula is C13H11ClO. The Hall–Kier alpha value is -1.31. The molecule has 1 N–H and O–H groups in total. The maximum absolute atomic E-state index is 8.96. The van der Waals surface area contributed by atoms with Crippen molar-refractivity contribution < 1.29 is 5.11 Å². The van der Waals surface area contributed by atoms with E-state index in [4.69, 9.17) is 16.7 Å². The van der Waals surface area contributed by atoms with Gasteiger partial charge in [-0.05, 0) is 17.2 Å². The summed E-state index contributed by atoms with van der Waals surface area (Å²) < 4.78 is 0. The molecule has 0 atom stereocenters. The van der Waals surface area contributed by atoms with Gasteiger partial charge in [0.05, 0.1) is 6.61 Å². The lowest BCUT2D eigenvalue weighted by molar-refractivity contribution is 0.282. The quantitative estimate of drug-likeness (QED) is 0.818. The van der Waals surface area contributed by atoms with Crippen LogP contribution in [-0.2, 0) is 6.61 Å². The van der Waals surface area contributed by atoms with Crippen LogP contribution in [0.4, 0.5) is 0 Å². The van der Waals surface area contributed by atoms with Crippen LogP contribution in [0.2, 0.25) is 5.02 Å². The number of aliphatic hydroxyl groups excluding tert-OH is 1. The minimum Gasteiger partial charge on any atom is -0.392 e. The third kappa shape index (κ3) is 2.20.